The van der Waals surface area contributed by atoms with E-state index in [-0.39, 0.29) is 16.9 Å². The summed E-state index contributed by atoms with van der Waals surface area (Å²) in [6, 6.07) is 7.53. The van der Waals surface area contributed by atoms with Crippen molar-refractivity contribution in [2.24, 2.45) is 5.92 Å². The fraction of sp³-hybridized carbons (Fsp3) is 0.474. The van der Waals surface area contributed by atoms with E-state index >= 15 is 0 Å². The van der Waals surface area contributed by atoms with Gasteiger partial charge in [0.15, 0.2) is 5.03 Å². The van der Waals surface area contributed by atoms with Crippen LogP contribution in [0.3, 0.4) is 0 Å². The van der Waals surface area contributed by atoms with E-state index in [2.05, 4.69) is 10.3 Å². The Bertz CT molecular complexity index is 918. The molecule has 1 aromatic heterocycles. The Labute approximate surface area is 165 Å². The Balaban J connectivity index is 1.55. The zero-order chi connectivity index (χ0) is 20.1. The summed E-state index contributed by atoms with van der Waals surface area (Å²) in [5, 5.41) is 3.00. The highest BCUT2D eigenvalue weighted by Gasteiger charge is 2.33. The van der Waals surface area contributed by atoms with Gasteiger partial charge in [-0.2, -0.15) is 4.31 Å². The maximum Gasteiger partial charge on any atom is 0.262 e. The molecule has 1 aliphatic rings. The molecule has 9 heteroatoms. The Morgan fingerprint density at radius 2 is 2.00 bits per heavy atom. The van der Waals surface area contributed by atoms with Gasteiger partial charge in [0.05, 0.1) is 13.4 Å². The first-order chi connectivity index (χ1) is 13.5. The van der Waals surface area contributed by atoms with E-state index in [0.717, 1.165) is 11.3 Å². The molecule has 0 spiro atoms. The summed E-state index contributed by atoms with van der Waals surface area (Å²) in [7, 11) is -2.01. The van der Waals surface area contributed by atoms with Gasteiger partial charge < -0.3 is 14.6 Å². The van der Waals surface area contributed by atoms with Gasteiger partial charge in [-0.3, -0.25) is 4.79 Å². The van der Waals surface area contributed by atoms with E-state index in [1.165, 1.54) is 10.6 Å². The van der Waals surface area contributed by atoms with Crippen molar-refractivity contribution in [3.63, 3.8) is 0 Å². The largest absolute Gasteiger partial charge is 0.496 e. The van der Waals surface area contributed by atoms with Crippen molar-refractivity contribution in [1.29, 1.82) is 0 Å². The first kappa shape index (κ1) is 20.3. The van der Waals surface area contributed by atoms with Crippen LogP contribution < -0.4 is 10.1 Å². The Morgan fingerprint density at radius 1 is 1.29 bits per heavy atom. The van der Waals surface area contributed by atoms with E-state index in [4.69, 9.17) is 4.74 Å². The number of imidazole rings is 1. The maximum absolute atomic E-state index is 12.7. The zero-order valence-corrected chi connectivity index (χ0v) is 17.0. The average molecular weight is 407 g/mol. The summed E-state index contributed by atoms with van der Waals surface area (Å²) in [5.41, 5.74) is 0.907. The number of ether oxygens (including phenoxy) is 1. The number of rotatable bonds is 7. The summed E-state index contributed by atoms with van der Waals surface area (Å²) in [5.74, 6) is 0.475. The van der Waals surface area contributed by atoms with Crippen molar-refractivity contribution >= 4 is 15.9 Å². The number of carbonyl (C=O) groups excluding carboxylic acids is 1. The lowest BCUT2D eigenvalue weighted by Crippen LogP contribution is -2.43. The predicted molar refractivity (Wildman–Crippen MR) is 104 cm³/mol. The molecule has 1 fully saturated rings. The summed E-state index contributed by atoms with van der Waals surface area (Å²) >= 11 is 0. The number of benzene rings is 1. The fourth-order valence-corrected chi connectivity index (χ4v) is 4.72. The molecular weight excluding hydrogens is 380 g/mol. The Kier molecular flexibility index (Phi) is 6.35. The van der Waals surface area contributed by atoms with Crippen LogP contribution >= 0.6 is 0 Å². The topological polar surface area (TPSA) is 93.5 Å². The highest BCUT2D eigenvalue weighted by atomic mass is 32.2. The van der Waals surface area contributed by atoms with Crippen LogP contribution in [0.15, 0.2) is 41.8 Å². The van der Waals surface area contributed by atoms with Gasteiger partial charge in [-0.25, -0.2) is 13.4 Å². The van der Waals surface area contributed by atoms with E-state index in [0.29, 0.717) is 39.0 Å². The van der Waals surface area contributed by atoms with Crippen LogP contribution in [0.5, 0.6) is 5.75 Å². The zero-order valence-electron chi connectivity index (χ0n) is 16.2. The smallest absolute Gasteiger partial charge is 0.262 e. The van der Waals surface area contributed by atoms with Gasteiger partial charge in [-0.15, -0.1) is 0 Å². The Hall–Kier alpha value is -2.39. The number of aromatic nitrogens is 2. The van der Waals surface area contributed by atoms with Gasteiger partial charge in [0, 0.05) is 43.9 Å². The molecule has 0 bridgehead atoms. The van der Waals surface area contributed by atoms with Gasteiger partial charge in [0.25, 0.3) is 10.0 Å². The van der Waals surface area contributed by atoms with Crippen LogP contribution in [-0.2, 0) is 27.9 Å². The van der Waals surface area contributed by atoms with Crippen LogP contribution in [0.25, 0.3) is 0 Å². The molecule has 0 unspecified atom stereocenters. The minimum absolute atomic E-state index is 0.0572. The van der Waals surface area contributed by atoms with Crippen molar-refractivity contribution in [3.05, 3.63) is 42.4 Å². The van der Waals surface area contributed by atoms with Crippen molar-refractivity contribution in [3.8, 4) is 5.75 Å². The number of hydrogen-bond donors (Lipinski definition) is 1. The highest BCUT2D eigenvalue weighted by molar-refractivity contribution is 7.89. The van der Waals surface area contributed by atoms with Crippen LogP contribution in [0.4, 0.5) is 0 Å². The van der Waals surface area contributed by atoms with Crippen LogP contribution in [-0.4, -0.2) is 48.4 Å². The molecule has 0 saturated carbocycles. The van der Waals surface area contributed by atoms with Gasteiger partial charge in [0.2, 0.25) is 5.91 Å². The van der Waals surface area contributed by atoms with Gasteiger partial charge >= 0.3 is 0 Å². The molecule has 0 atom stereocenters. The lowest BCUT2D eigenvalue weighted by atomic mass is 9.97. The average Bonchev–Trinajstić information content (AvgIpc) is 3.22. The van der Waals surface area contributed by atoms with Crippen LogP contribution in [0.2, 0.25) is 0 Å². The second kappa shape index (κ2) is 8.74. The van der Waals surface area contributed by atoms with Gasteiger partial charge in [-0.1, -0.05) is 18.2 Å². The third-order valence-electron chi connectivity index (χ3n) is 5.05. The number of carbonyl (C=O) groups is 1. The SMILES string of the molecule is CCn1cnc(S(=O)(=O)N2CCC(C(=O)NCc3ccccc3OC)CC2)c1. The predicted octanol–water partition coefficient (Wildman–Crippen LogP) is 1.63. The second-order valence-corrected chi connectivity index (χ2v) is 8.64. The molecule has 3 rings (SSSR count). The molecule has 1 aliphatic heterocycles. The number of nitrogens with zero attached hydrogens (tertiary/aromatic N) is 3. The third-order valence-corrected chi connectivity index (χ3v) is 6.83. The van der Waals surface area contributed by atoms with E-state index < -0.39 is 10.0 Å². The summed E-state index contributed by atoms with van der Waals surface area (Å²) in [6.07, 6.45) is 4.04. The first-order valence-electron chi connectivity index (χ1n) is 9.37. The number of para-hydroxylation sites is 1. The van der Waals surface area contributed by atoms with E-state index in [1.807, 2.05) is 31.2 Å². The van der Waals surface area contributed by atoms with Crippen molar-refractivity contribution in [2.45, 2.75) is 37.9 Å². The molecule has 8 nitrogen and oxygen atoms in total. The number of hydrogen-bond acceptors (Lipinski definition) is 5. The number of methoxy groups -OCH3 is 1. The number of nitrogens with one attached hydrogen (secondary N) is 1. The van der Waals surface area contributed by atoms with Crippen molar-refractivity contribution in [2.75, 3.05) is 20.2 Å². The lowest BCUT2D eigenvalue weighted by Gasteiger charge is -2.30. The number of sulfonamides is 1. The molecular formula is C19H26N4O4S. The molecule has 2 aromatic rings. The quantitative estimate of drug-likeness (QED) is 0.754. The standard InChI is InChI=1S/C19H26N4O4S/c1-3-22-13-18(21-14-22)28(25,26)23-10-8-15(9-11-23)19(24)20-12-16-6-4-5-7-17(16)27-2/h4-7,13-15H,3,8-12H2,1-2H3,(H,20,24). The molecule has 1 saturated heterocycles. The van der Waals surface area contributed by atoms with Crippen LogP contribution in [0, 0.1) is 5.92 Å². The number of amides is 1. The monoisotopic (exact) mass is 406 g/mol. The van der Waals surface area contributed by atoms with Crippen LogP contribution in [0.1, 0.15) is 25.3 Å². The van der Waals surface area contributed by atoms with E-state index in [1.54, 1.807) is 17.9 Å². The normalized spacial score (nSPS) is 16.1. The number of aryl methyl sites for hydroxylation is 1. The van der Waals surface area contributed by atoms with Crippen molar-refractivity contribution in [1.82, 2.24) is 19.2 Å². The first-order valence-corrected chi connectivity index (χ1v) is 10.8. The molecule has 152 valence electrons. The number of piperidine rings is 1. The van der Waals surface area contributed by atoms with Gasteiger partial charge in [0.1, 0.15) is 5.75 Å². The summed E-state index contributed by atoms with van der Waals surface area (Å²) in [6.45, 7) is 3.60. The van der Waals surface area contributed by atoms with Gasteiger partial charge in [-0.05, 0) is 25.8 Å². The maximum atomic E-state index is 12.7. The van der Waals surface area contributed by atoms with E-state index in [9.17, 15) is 13.2 Å². The molecule has 0 aliphatic carbocycles. The molecule has 1 aromatic carbocycles. The molecule has 1 N–H and O–H groups in total. The minimum atomic E-state index is -3.61. The third kappa shape index (κ3) is 4.36. The molecule has 1 amide bonds. The minimum Gasteiger partial charge on any atom is -0.496 e. The molecule has 0 radical (unpaired) electrons. The second-order valence-electron chi connectivity index (χ2n) is 6.75. The molecule has 28 heavy (non-hydrogen) atoms. The highest BCUT2D eigenvalue weighted by Crippen LogP contribution is 2.24. The lowest BCUT2D eigenvalue weighted by molar-refractivity contribution is -0.126. The fourth-order valence-electron chi connectivity index (χ4n) is 3.31. The molecule has 2 heterocycles. The Morgan fingerprint density at radius 3 is 2.64 bits per heavy atom. The van der Waals surface area contributed by atoms with Crippen molar-refractivity contribution < 1.29 is 17.9 Å². The summed E-state index contributed by atoms with van der Waals surface area (Å²) < 4.78 is 33.9. The summed E-state index contributed by atoms with van der Waals surface area (Å²) in [4.78, 5) is 16.5.